The van der Waals surface area contributed by atoms with Crippen LogP contribution in [0.5, 0.6) is 0 Å². The lowest BCUT2D eigenvalue weighted by Crippen LogP contribution is -2.41. The summed E-state index contributed by atoms with van der Waals surface area (Å²) in [5, 5.41) is 3.39. The van der Waals surface area contributed by atoms with Gasteiger partial charge in [0.15, 0.2) is 6.29 Å². The fourth-order valence-corrected chi connectivity index (χ4v) is 1.13. The van der Waals surface area contributed by atoms with Crippen molar-refractivity contribution < 1.29 is 9.47 Å². The van der Waals surface area contributed by atoms with Gasteiger partial charge in [-0.15, -0.1) is 0 Å². The minimum Gasteiger partial charge on any atom is -0.354 e. The largest absolute Gasteiger partial charge is 0.354 e. The molecule has 0 saturated carbocycles. The first-order chi connectivity index (χ1) is 6.15. The molecule has 0 fully saturated rings. The van der Waals surface area contributed by atoms with Gasteiger partial charge in [0.1, 0.15) is 0 Å². The summed E-state index contributed by atoms with van der Waals surface area (Å²) in [7, 11) is 3.32. The van der Waals surface area contributed by atoms with Crippen molar-refractivity contribution in [3.05, 3.63) is 0 Å². The molecule has 2 unspecified atom stereocenters. The molecule has 0 spiro atoms. The lowest BCUT2D eigenvalue weighted by molar-refractivity contribution is -0.119. The highest BCUT2D eigenvalue weighted by molar-refractivity contribution is 4.66. The molecule has 1 N–H and O–H groups in total. The molecule has 0 saturated heterocycles. The van der Waals surface area contributed by atoms with E-state index in [1.54, 1.807) is 14.2 Å². The Balaban J connectivity index is 3.65. The first kappa shape index (κ1) is 12.9. The Hall–Kier alpha value is -0.120. The van der Waals surface area contributed by atoms with Gasteiger partial charge in [0.25, 0.3) is 0 Å². The first-order valence-corrected chi connectivity index (χ1v) is 4.94. The van der Waals surface area contributed by atoms with Crippen LogP contribution in [-0.4, -0.2) is 33.1 Å². The van der Waals surface area contributed by atoms with Crippen molar-refractivity contribution in [1.82, 2.24) is 5.32 Å². The summed E-state index contributed by atoms with van der Waals surface area (Å²) in [6.45, 7) is 7.51. The molecule has 13 heavy (non-hydrogen) atoms. The van der Waals surface area contributed by atoms with Gasteiger partial charge < -0.3 is 14.8 Å². The van der Waals surface area contributed by atoms with Crippen LogP contribution >= 0.6 is 0 Å². The summed E-state index contributed by atoms with van der Waals surface area (Å²) in [4.78, 5) is 0. The second-order valence-corrected chi connectivity index (χ2v) is 3.55. The Kier molecular flexibility index (Phi) is 7.23. The number of nitrogens with one attached hydrogen (secondary N) is 1. The number of rotatable bonds is 7. The van der Waals surface area contributed by atoms with Gasteiger partial charge in [-0.05, 0) is 19.4 Å². The zero-order valence-electron chi connectivity index (χ0n) is 9.46. The fourth-order valence-electron chi connectivity index (χ4n) is 1.13. The third-order valence-corrected chi connectivity index (χ3v) is 2.36. The average molecular weight is 189 g/mol. The number of hydrogen-bond acceptors (Lipinski definition) is 3. The van der Waals surface area contributed by atoms with Gasteiger partial charge in [-0.2, -0.15) is 0 Å². The molecule has 2 atom stereocenters. The van der Waals surface area contributed by atoms with Crippen molar-refractivity contribution in [3.63, 3.8) is 0 Å². The Labute approximate surface area is 81.8 Å². The highest BCUT2D eigenvalue weighted by atomic mass is 16.7. The van der Waals surface area contributed by atoms with Gasteiger partial charge >= 0.3 is 0 Å². The van der Waals surface area contributed by atoms with Crippen LogP contribution in [0.2, 0.25) is 0 Å². The summed E-state index contributed by atoms with van der Waals surface area (Å²) in [6, 6.07) is 0.240. The van der Waals surface area contributed by atoms with E-state index >= 15 is 0 Å². The van der Waals surface area contributed by atoms with Crippen LogP contribution in [0.3, 0.4) is 0 Å². The third-order valence-electron chi connectivity index (χ3n) is 2.36. The molecule has 0 amide bonds. The average Bonchev–Trinajstić information content (AvgIpc) is 2.16. The molecule has 0 aliphatic rings. The fraction of sp³-hybridized carbons (Fsp3) is 1.00. The first-order valence-electron chi connectivity index (χ1n) is 4.94. The second-order valence-electron chi connectivity index (χ2n) is 3.55. The van der Waals surface area contributed by atoms with Crippen molar-refractivity contribution in [2.24, 2.45) is 5.92 Å². The van der Waals surface area contributed by atoms with E-state index < -0.39 is 0 Å². The van der Waals surface area contributed by atoms with Crippen molar-refractivity contribution in [2.45, 2.75) is 39.5 Å². The maximum Gasteiger partial charge on any atom is 0.171 e. The van der Waals surface area contributed by atoms with Crippen molar-refractivity contribution >= 4 is 0 Å². The lowest BCUT2D eigenvalue weighted by Gasteiger charge is -2.23. The van der Waals surface area contributed by atoms with Crippen molar-refractivity contribution in [2.75, 3.05) is 20.8 Å². The van der Waals surface area contributed by atoms with E-state index in [-0.39, 0.29) is 12.3 Å². The Morgan fingerprint density at radius 3 is 2.08 bits per heavy atom. The van der Waals surface area contributed by atoms with Crippen LogP contribution in [0.1, 0.15) is 27.2 Å². The van der Waals surface area contributed by atoms with E-state index in [0.717, 1.165) is 6.54 Å². The molecule has 3 nitrogen and oxygen atoms in total. The van der Waals surface area contributed by atoms with Gasteiger partial charge in [-0.3, -0.25) is 0 Å². The summed E-state index contributed by atoms with van der Waals surface area (Å²) in [5.74, 6) is 0.705. The summed E-state index contributed by atoms with van der Waals surface area (Å²) in [6.07, 6.45) is 1.05. The topological polar surface area (TPSA) is 30.5 Å². The van der Waals surface area contributed by atoms with E-state index in [4.69, 9.17) is 9.47 Å². The van der Waals surface area contributed by atoms with Crippen molar-refractivity contribution in [3.8, 4) is 0 Å². The molecule has 3 heteroatoms. The minimum atomic E-state index is -0.149. The summed E-state index contributed by atoms with van der Waals surface area (Å²) in [5.41, 5.74) is 0. The van der Waals surface area contributed by atoms with Crippen LogP contribution in [0.15, 0.2) is 0 Å². The third kappa shape index (κ3) is 5.24. The van der Waals surface area contributed by atoms with Crippen molar-refractivity contribution in [1.29, 1.82) is 0 Å². The Morgan fingerprint density at radius 1 is 1.15 bits per heavy atom. The standard InChI is InChI=1S/C10H23NO2/c1-6-8(2)7-11-9(3)10(12-4)13-5/h8-11H,6-7H2,1-5H3. The number of methoxy groups -OCH3 is 2. The molecule has 0 aliphatic carbocycles. The highest BCUT2D eigenvalue weighted by Crippen LogP contribution is 2.02. The molecule has 80 valence electrons. The minimum absolute atomic E-state index is 0.149. The SMILES string of the molecule is CCC(C)CNC(C)C(OC)OC. The van der Waals surface area contributed by atoms with Gasteiger partial charge in [0.05, 0.1) is 6.04 Å². The van der Waals surface area contributed by atoms with Gasteiger partial charge in [-0.1, -0.05) is 20.3 Å². The molecular weight excluding hydrogens is 166 g/mol. The second kappa shape index (κ2) is 7.30. The van der Waals surface area contributed by atoms with Gasteiger partial charge in [0.2, 0.25) is 0 Å². The number of hydrogen-bond donors (Lipinski definition) is 1. The van der Waals surface area contributed by atoms with Crippen LogP contribution in [0.25, 0.3) is 0 Å². The van der Waals surface area contributed by atoms with Gasteiger partial charge in [-0.25, -0.2) is 0 Å². The van der Waals surface area contributed by atoms with Crippen LogP contribution in [0.4, 0.5) is 0 Å². The predicted molar refractivity (Wildman–Crippen MR) is 54.7 cm³/mol. The molecule has 0 aromatic carbocycles. The molecule has 0 aliphatic heterocycles. The quantitative estimate of drug-likeness (QED) is 0.617. The molecular formula is C10H23NO2. The van der Waals surface area contributed by atoms with E-state index in [1.165, 1.54) is 6.42 Å². The van der Waals surface area contributed by atoms with E-state index in [1.807, 2.05) is 0 Å². The zero-order valence-corrected chi connectivity index (χ0v) is 9.46. The van der Waals surface area contributed by atoms with Gasteiger partial charge in [0, 0.05) is 14.2 Å². The molecule has 0 heterocycles. The van der Waals surface area contributed by atoms with Crippen LogP contribution in [-0.2, 0) is 9.47 Å². The van der Waals surface area contributed by atoms with Crippen LogP contribution < -0.4 is 5.32 Å². The van der Waals surface area contributed by atoms with E-state index in [2.05, 4.69) is 26.1 Å². The van der Waals surface area contributed by atoms with E-state index in [9.17, 15) is 0 Å². The zero-order chi connectivity index (χ0) is 10.3. The molecule has 0 aromatic heterocycles. The Bertz CT molecular complexity index is 115. The summed E-state index contributed by atoms with van der Waals surface area (Å²) >= 11 is 0. The lowest BCUT2D eigenvalue weighted by atomic mass is 10.1. The summed E-state index contributed by atoms with van der Waals surface area (Å²) < 4.78 is 10.3. The predicted octanol–water partition coefficient (Wildman–Crippen LogP) is 1.63. The normalized spacial score (nSPS) is 16.2. The monoisotopic (exact) mass is 189 g/mol. The maximum atomic E-state index is 5.14. The van der Waals surface area contributed by atoms with Crippen LogP contribution in [0, 0.1) is 5.92 Å². The molecule has 0 radical (unpaired) electrons. The Morgan fingerprint density at radius 2 is 1.69 bits per heavy atom. The highest BCUT2D eigenvalue weighted by Gasteiger charge is 2.15. The maximum absolute atomic E-state index is 5.14. The smallest absolute Gasteiger partial charge is 0.171 e. The van der Waals surface area contributed by atoms with E-state index in [0.29, 0.717) is 5.92 Å². The molecule has 0 aromatic rings. The number of ether oxygens (including phenoxy) is 2. The molecule has 0 rings (SSSR count). The molecule has 0 bridgehead atoms.